The molecule has 1 aliphatic heterocycles. The quantitative estimate of drug-likeness (QED) is 0.885. The number of aryl methyl sites for hydroxylation is 2. The molecule has 0 unspecified atom stereocenters. The molecule has 0 aliphatic carbocycles. The third-order valence-electron chi connectivity index (χ3n) is 3.60. The van der Waals surface area contributed by atoms with E-state index >= 15 is 0 Å². The SMILES string of the molecule is Cc1cccc(CCC(=O)N2CCC(N)CC2)c1. The topological polar surface area (TPSA) is 46.3 Å². The normalized spacial score (nSPS) is 16.9. The second-order valence-electron chi connectivity index (χ2n) is 5.21. The van der Waals surface area contributed by atoms with Gasteiger partial charge in [0.25, 0.3) is 0 Å². The van der Waals surface area contributed by atoms with Crippen molar-refractivity contribution in [2.45, 2.75) is 38.6 Å². The van der Waals surface area contributed by atoms with Gasteiger partial charge in [0.1, 0.15) is 0 Å². The molecule has 18 heavy (non-hydrogen) atoms. The molecular formula is C15H22N2O. The number of hydrogen-bond acceptors (Lipinski definition) is 2. The Morgan fingerprint density at radius 2 is 2.11 bits per heavy atom. The van der Waals surface area contributed by atoms with E-state index in [-0.39, 0.29) is 11.9 Å². The molecule has 0 spiro atoms. The van der Waals surface area contributed by atoms with Gasteiger partial charge in [-0.3, -0.25) is 4.79 Å². The molecule has 1 saturated heterocycles. The predicted octanol–water partition coefficient (Wildman–Crippen LogP) is 1.88. The zero-order chi connectivity index (χ0) is 13.0. The lowest BCUT2D eigenvalue weighted by Gasteiger charge is -2.30. The van der Waals surface area contributed by atoms with Crippen LogP contribution in [-0.4, -0.2) is 29.9 Å². The van der Waals surface area contributed by atoms with E-state index < -0.39 is 0 Å². The van der Waals surface area contributed by atoms with Crippen LogP contribution in [0.2, 0.25) is 0 Å². The molecule has 2 N–H and O–H groups in total. The van der Waals surface area contributed by atoms with Crippen molar-refractivity contribution in [3.63, 3.8) is 0 Å². The highest BCUT2D eigenvalue weighted by Gasteiger charge is 2.19. The fourth-order valence-electron chi connectivity index (χ4n) is 2.43. The van der Waals surface area contributed by atoms with Crippen molar-refractivity contribution in [1.82, 2.24) is 4.90 Å². The van der Waals surface area contributed by atoms with Crippen LogP contribution in [0.4, 0.5) is 0 Å². The Kier molecular flexibility index (Phi) is 4.37. The first kappa shape index (κ1) is 13.1. The molecule has 1 amide bonds. The third kappa shape index (κ3) is 3.57. The van der Waals surface area contributed by atoms with Gasteiger partial charge in [-0.05, 0) is 31.7 Å². The van der Waals surface area contributed by atoms with Gasteiger partial charge in [-0.1, -0.05) is 29.8 Å². The highest BCUT2D eigenvalue weighted by molar-refractivity contribution is 5.76. The van der Waals surface area contributed by atoms with Gasteiger partial charge in [-0.15, -0.1) is 0 Å². The molecule has 1 aliphatic rings. The van der Waals surface area contributed by atoms with E-state index in [1.54, 1.807) is 0 Å². The largest absolute Gasteiger partial charge is 0.343 e. The summed E-state index contributed by atoms with van der Waals surface area (Å²) in [7, 11) is 0. The van der Waals surface area contributed by atoms with Crippen LogP contribution in [0.25, 0.3) is 0 Å². The molecule has 1 fully saturated rings. The fourth-order valence-corrected chi connectivity index (χ4v) is 2.43. The first-order chi connectivity index (χ1) is 8.65. The highest BCUT2D eigenvalue weighted by Crippen LogP contribution is 2.12. The van der Waals surface area contributed by atoms with E-state index in [1.807, 2.05) is 4.90 Å². The van der Waals surface area contributed by atoms with Crippen molar-refractivity contribution in [2.75, 3.05) is 13.1 Å². The first-order valence-corrected chi connectivity index (χ1v) is 6.74. The smallest absolute Gasteiger partial charge is 0.222 e. The maximum absolute atomic E-state index is 12.0. The van der Waals surface area contributed by atoms with Gasteiger partial charge >= 0.3 is 0 Å². The molecule has 3 heteroatoms. The van der Waals surface area contributed by atoms with Gasteiger partial charge in [0, 0.05) is 25.6 Å². The van der Waals surface area contributed by atoms with E-state index in [4.69, 9.17) is 5.73 Å². The molecular weight excluding hydrogens is 224 g/mol. The monoisotopic (exact) mass is 246 g/mol. The summed E-state index contributed by atoms with van der Waals surface area (Å²) in [6.45, 7) is 3.74. The van der Waals surface area contributed by atoms with Crippen LogP contribution in [0.3, 0.4) is 0 Å². The second-order valence-corrected chi connectivity index (χ2v) is 5.21. The molecule has 0 atom stereocenters. The number of likely N-dealkylation sites (tertiary alicyclic amines) is 1. The van der Waals surface area contributed by atoms with E-state index in [9.17, 15) is 4.79 Å². The maximum Gasteiger partial charge on any atom is 0.222 e. The molecule has 0 radical (unpaired) electrons. The summed E-state index contributed by atoms with van der Waals surface area (Å²) in [5.74, 6) is 0.267. The second kappa shape index (κ2) is 6.01. The van der Waals surface area contributed by atoms with Crippen LogP contribution in [-0.2, 0) is 11.2 Å². The summed E-state index contributed by atoms with van der Waals surface area (Å²) in [6, 6.07) is 8.66. The van der Waals surface area contributed by atoms with Crippen molar-refractivity contribution in [1.29, 1.82) is 0 Å². The molecule has 98 valence electrons. The number of nitrogens with zero attached hydrogens (tertiary/aromatic N) is 1. The molecule has 0 bridgehead atoms. The number of amides is 1. The maximum atomic E-state index is 12.0. The minimum Gasteiger partial charge on any atom is -0.343 e. The Labute approximate surface area is 109 Å². The van der Waals surface area contributed by atoms with Crippen LogP contribution in [0.5, 0.6) is 0 Å². The Morgan fingerprint density at radius 3 is 2.78 bits per heavy atom. The lowest BCUT2D eigenvalue weighted by molar-refractivity contribution is -0.132. The van der Waals surface area contributed by atoms with Gasteiger partial charge < -0.3 is 10.6 Å². The number of benzene rings is 1. The third-order valence-corrected chi connectivity index (χ3v) is 3.60. The predicted molar refractivity (Wildman–Crippen MR) is 73.3 cm³/mol. The summed E-state index contributed by atoms with van der Waals surface area (Å²) in [4.78, 5) is 14.0. The van der Waals surface area contributed by atoms with Crippen LogP contribution in [0.15, 0.2) is 24.3 Å². The lowest BCUT2D eigenvalue weighted by atomic mass is 10.0. The van der Waals surface area contributed by atoms with Gasteiger partial charge in [-0.25, -0.2) is 0 Å². The number of carbonyl (C=O) groups is 1. The summed E-state index contributed by atoms with van der Waals surface area (Å²) < 4.78 is 0. The van der Waals surface area contributed by atoms with Crippen LogP contribution in [0.1, 0.15) is 30.4 Å². The molecule has 1 heterocycles. The van der Waals surface area contributed by atoms with Gasteiger partial charge in [-0.2, -0.15) is 0 Å². The summed E-state index contributed by atoms with van der Waals surface area (Å²) >= 11 is 0. The number of hydrogen-bond donors (Lipinski definition) is 1. The molecule has 1 aromatic rings. The summed E-state index contributed by atoms with van der Waals surface area (Å²) in [5, 5.41) is 0. The Morgan fingerprint density at radius 1 is 1.39 bits per heavy atom. The van der Waals surface area contributed by atoms with Crippen molar-refractivity contribution in [2.24, 2.45) is 5.73 Å². The minimum atomic E-state index is 0.267. The van der Waals surface area contributed by atoms with Gasteiger partial charge in [0.05, 0.1) is 0 Å². The van der Waals surface area contributed by atoms with Crippen LogP contribution >= 0.6 is 0 Å². The van der Waals surface area contributed by atoms with E-state index in [0.717, 1.165) is 32.4 Å². The van der Waals surface area contributed by atoms with E-state index in [0.29, 0.717) is 6.42 Å². The molecule has 1 aromatic carbocycles. The number of rotatable bonds is 3. The summed E-state index contributed by atoms with van der Waals surface area (Å²) in [6.07, 6.45) is 3.33. The number of carbonyl (C=O) groups excluding carboxylic acids is 1. The van der Waals surface area contributed by atoms with Crippen LogP contribution < -0.4 is 5.73 Å². The van der Waals surface area contributed by atoms with Crippen molar-refractivity contribution < 1.29 is 4.79 Å². The van der Waals surface area contributed by atoms with E-state index in [2.05, 4.69) is 31.2 Å². The molecule has 0 saturated carbocycles. The number of piperidine rings is 1. The number of nitrogens with two attached hydrogens (primary N) is 1. The van der Waals surface area contributed by atoms with Crippen molar-refractivity contribution in [3.8, 4) is 0 Å². The van der Waals surface area contributed by atoms with E-state index in [1.165, 1.54) is 11.1 Å². The molecule has 0 aromatic heterocycles. The van der Waals surface area contributed by atoms with Crippen molar-refractivity contribution >= 4 is 5.91 Å². The Balaban J connectivity index is 1.81. The highest BCUT2D eigenvalue weighted by atomic mass is 16.2. The first-order valence-electron chi connectivity index (χ1n) is 6.74. The standard InChI is InChI=1S/C15H22N2O/c1-12-3-2-4-13(11-12)5-6-15(18)17-9-7-14(16)8-10-17/h2-4,11,14H,5-10,16H2,1H3. The van der Waals surface area contributed by atoms with Gasteiger partial charge in [0.2, 0.25) is 5.91 Å². The average Bonchev–Trinajstić information content (AvgIpc) is 2.37. The summed E-state index contributed by atoms with van der Waals surface area (Å²) in [5.41, 5.74) is 8.34. The molecule has 2 rings (SSSR count). The fraction of sp³-hybridized carbons (Fsp3) is 0.533. The zero-order valence-corrected chi connectivity index (χ0v) is 11.1. The lowest BCUT2D eigenvalue weighted by Crippen LogP contribution is -2.42. The average molecular weight is 246 g/mol. The molecule has 3 nitrogen and oxygen atoms in total. The van der Waals surface area contributed by atoms with Crippen molar-refractivity contribution in [3.05, 3.63) is 35.4 Å². The Hall–Kier alpha value is -1.35. The van der Waals surface area contributed by atoms with Gasteiger partial charge in [0.15, 0.2) is 0 Å². The minimum absolute atomic E-state index is 0.267. The zero-order valence-electron chi connectivity index (χ0n) is 11.1. The Bertz CT molecular complexity index is 409. The van der Waals surface area contributed by atoms with Crippen LogP contribution in [0, 0.1) is 6.92 Å².